The van der Waals surface area contributed by atoms with E-state index in [9.17, 15) is 9.59 Å². The first kappa shape index (κ1) is 18.8. The summed E-state index contributed by atoms with van der Waals surface area (Å²) in [5.74, 6) is 2.39. The maximum Gasteiger partial charge on any atom is 0.302 e. The average Bonchev–Trinajstić information content (AvgIpc) is 3.26. The van der Waals surface area contributed by atoms with E-state index in [1.54, 1.807) is 0 Å². The molecule has 0 heterocycles. The van der Waals surface area contributed by atoms with Gasteiger partial charge in [0.1, 0.15) is 11.9 Å². The van der Waals surface area contributed by atoms with Crippen molar-refractivity contribution in [2.45, 2.75) is 83.8 Å². The van der Waals surface area contributed by atoms with E-state index in [1.807, 2.05) is 6.08 Å². The maximum absolute atomic E-state index is 12.7. The largest absolute Gasteiger partial charge is 0.463 e. The summed E-state index contributed by atoms with van der Waals surface area (Å²) in [5, 5.41) is 3.81. The highest BCUT2D eigenvalue weighted by molar-refractivity contribution is 5.87. The van der Waals surface area contributed by atoms with Crippen LogP contribution in [0.1, 0.15) is 71.6 Å². The lowest BCUT2D eigenvalue weighted by Crippen LogP contribution is -2.57. The molecule has 5 aliphatic carbocycles. The van der Waals surface area contributed by atoms with Crippen LogP contribution in [0.3, 0.4) is 0 Å². The molecule has 28 heavy (non-hydrogen) atoms. The first-order chi connectivity index (χ1) is 13.4. The smallest absolute Gasteiger partial charge is 0.302 e. The Bertz CT molecular complexity index is 719. The monoisotopic (exact) mass is 385 g/mol. The van der Waals surface area contributed by atoms with Gasteiger partial charge >= 0.3 is 5.97 Å². The lowest BCUT2D eigenvalue weighted by Gasteiger charge is -2.56. The number of esters is 1. The number of nitrogens with one attached hydrogen (secondary N) is 1. The highest BCUT2D eigenvalue weighted by atomic mass is 16.5. The van der Waals surface area contributed by atoms with Gasteiger partial charge in [0, 0.05) is 31.3 Å². The number of hydrogen-bond acceptors (Lipinski definition) is 4. The van der Waals surface area contributed by atoms with Crippen LogP contribution in [0.15, 0.2) is 12.7 Å². The van der Waals surface area contributed by atoms with Crippen molar-refractivity contribution < 1.29 is 14.3 Å². The number of carbonyl (C=O) groups is 2. The number of fused-ring (bicyclic) bond motifs is 3. The molecule has 0 aromatic carbocycles. The van der Waals surface area contributed by atoms with Gasteiger partial charge in [-0.1, -0.05) is 13.0 Å². The van der Waals surface area contributed by atoms with E-state index in [2.05, 4.69) is 18.8 Å². The molecule has 5 saturated carbocycles. The molecule has 0 aliphatic heterocycles. The van der Waals surface area contributed by atoms with E-state index in [0.29, 0.717) is 29.1 Å². The minimum Gasteiger partial charge on any atom is -0.463 e. The Labute approximate surface area is 168 Å². The molecule has 0 amide bonds. The van der Waals surface area contributed by atoms with Crippen molar-refractivity contribution in [3.8, 4) is 0 Å². The van der Waals surface area contributed by atoms with Crippen molar-refractivity contribution in [1.29, 1.82) is 0 Å². The van der Waals surface area contributed by atoms with Crippen molar-refractivity contribution >= 4 is 11.8 Å². The van der Waals surface area contributed by atoms with Crippen molar-refractivity contribution in [1.82, 2.24) is 5.32 Å². The number of carbonyl (C=O) groups excluding carboxylic acids is 2. The SMILES string of the molecule is C=CCNC1C[C@@H]2[C@H](CC[C@]3(C)C(=O)CC[C@@H]23)[C@@]23CC[C@H](OC(C)=O)C[C@@]12C3. The normalized spacial score (nSPS) is 51.4. The molecule has 5 aliphatic rings. The van der Waals surface area contributed by atoms with Crippen LogP contribution in [0.4, 0.5) is 0 Å². The number of Topliss-reactive ketones (excluding diaryl/α,β-unsaturated/α-hetero) is 1. The Hall–Kier alpha value is -1.16. The highest BCUT2D eigenvalue weighted by Crippen LogP contribution is 2.82. The zero-order chi connectivity index (χ0) is 19.7. The molecular weight excluding hydrogens is 350 g/mol. The van der Waals surface area contributed by atoms with E-state index in [-0.39, 0.29) is 22.9 Å². The van der Waals surface area contributed by atoms with Crippen LogP contribution < -0.4 is 5.32 Å². The molecule has 154 valence electrons. The van der Waals surface area contributed by atoms with Crippen molar-refractivity contribution in [2.75, 3.05) is 6.54 Å². The Balaban J connectivity index is 1.46. The third-order valence-electron chi connectivity index (χ3n) is 9.87. The van der Waals surface area contributed by atoms with Crippen LogP contribution in [0.25, 0.3) is 0 Å². The lowest BCUT2D eigenvalue weighted by molar-refractivity contribution is -0.153. The molecule has 0 bridgehead atoms. The summed E-state index contributed by atoms with van der Waals surface area (Å²) >= 11 is 0. The molecule has 1 unspecified atom stereocenters. The molecule has 4 nitrogen and oxygen atoms in total. The second kappa shape index (κ2) is 6.17. The third-order valence-corrected chi connectivity index (χ3v) is 9.87. The Kier molecular flexibility index (Phi) is 4.15. The summed E-state index contributed by atoms with van der Waals surface area (Å²) in [5.41, 5.74) is 0.634. The molecule has 8 atom stereocenters. The standard InChI is InChI=1S/C24H35NO3/c1-4-11-25-20-12-17-18-5-6-21(27)22(18,3)9-8-19(17)23-10-7-16(28-15(2)26)13-24(20,23)14-23/h4,16-20,25H,1,5-14H2,2-3H3/t16-,17-,18-,19-,20?,22-,23-,24+/m0/s1. The first-order valence-corrected chi connectivity index (χ1v) is 11.4. The molecule has 0 spiro atoms. The fraction of sp³-hybridized carbons (Fsp3) is 0.833. The predicted octanol–water partition coefficient (Wildman–Crippen LogP) is 4.04. The molecule has 5 fully saturated rings. The summed E-state index contributed by atoms with van der Waals surface area (Å²) in [4.78, 5) is 24.3. The van der Waals surface area contributed by atoms with Gasteiger partial charge in [0.15, 0.2) is 0 Å². The topological polar surface area (TPSA) is 55.4 Å². The number of ether oxygens (including phenoxy) is 1. The number of ketones is 1. The zero-order valence-corrected chi connectivity index (χ0v) is 17.5. The van der Waals surface area contributed by atoms with Crippen LogP contribution in [-0.4, -0.2) is 30.4 Å². The lowest BCUT2D eigenvalue weighted by atomic mass is 9.49. The van der Waals surface area contributed by atoms with Crippen LogP contribution in [0, 0.1) is 34.0 Å². The first-order valence-electron chi connectivity index (χ1n) is 11.4. The average molecular weight is 386 g/mol. The van der Waals surface area contributed by atoms with Crippen molar-refractivity contribution in [3.63, 3.8) is 0 Å². The molecule has 1 N–H and O–H groups in total. The van der Waals surface area contributed by atoms with Crippen LogP contribution in [0.2, 0.25) is 0 Å². The molecule has 0 aromatic heterocycles. The maximum atomic E-state index is 12.7. The van der Waals surface area contributed by atoms with Gasteiger partial charge in [-0.2, -0.15) is 0 Å². The minimum absolute atomic E-state index is 0.0649. The summed E-state index contributed by atoms with van der Waals surface area (Å²) in [6.45, 7) is 8.55. The summed E-state index contributed by atoms with van der Waals surface area (Å²) in [7, 11) is 0. The van der Waals surface area contributed by atoms with Gasteiger partial charge in [-0.15, -0.1) is 6.58 Å². The predicted molar refractivity (Wildman–Crippen MR) is 108 cm³/mol. The second-order valence-corrected chi connectivity index (χ2v) is 10.7. The van der Waals surface area contributed by atoms with Gasteiger partial charge in [-0.3, -0.25) is 9.59 Å². The van der Waals surface area contributed by atoms with Crippen LogP contribution >= 0.6 is 0 Å². The number of rotatable bonds is 4. The van der Waals surface area contributed by atoms with Crippen LogP contribution in [-0.2, 0) is 14.3 Å². The quantitative estimate of drug-likeness (QED) is 0.586. The minimum atomic E-state index is -0.142. The summed E-state index contributed by atoms with van der Waals surface area (Å²) in [6, 6.07) is 0.461. The fourth-order valence-corrected chi connectivity index (χ4v) is 8.77. The van der Waals surface area contributed by atoms with E-state index in [4.69, 9.17) is 4.74 Å². The van der Waals surface area contributed by atoms with Crippen molar-refractivity contribution in [2.24, 2.45) is 34.0 Å². The van der Waals surface area contributed by atoms with Gasteiger partial charge < -0.3 is 10.1 Å². The molecule has 5 rings (SSSR count). The van der Waals surface area contributed by atoms with Gasteiger partial charge in [0.05, 0.1) is 0 Å². The summed E-state index contributed by atoms with van der Waals surface area (Å²) in [6.07, 6.45) is 11.9. The molecule has 0 radical (unpaired) electrons. The molecular formula is C24H35NO3. The van der Waals surface area contributed by atoms with Gasteiger partial charge in [-0.25, -0.2) is 0 Å². The second-order valence-electron chi connectivity index (χ2n) is 10.7. The Morgan fingerprint density at radius 1 is 1.25 bits per heavy atom. The molecule has 0 aromatic rings. The van der Waals surface area contributed by atoms with Gasteiger partial charge in [0.25, 0.3) is 0 Å². The summed E-state index contributed by atoms with van der Waals surface area (Å²) < 4.78 is 5.69. The number of hydrogen-bond donors (Lipinski definition) is 1. The molecule has 0 saturated heterocycles. The Morgan fingerprint density at radius 2 is 2.07 bits per heavy atom. The van der Waals surface area contributed by atoms with Crippen molar-refractivity contribution in [3.05, 3.63) is 12.7 Å². The van der Waals surface area contributed by atoms with E-state index >= 15 is 0 Å². The van der Waals surface area contributed by atoms with E-state index in [0.717, 1.165) is 44.6 Å². The van der Waals surface area contributed by atoms with Gasteiger partial charge in [-0.05, 0) is 80.0 Å². The highest BCUT2D eigenvalue weighted by Gasteiger charge is 2.79. The van der Waals surface area contributed by atoms with E-state index < -0.39 is 0 Å². The zero-order valence-electron chi connectivity index (χ0n) is 17.5. The molecule has 4 heteroatoms. The fourth-order valence-electron chi connectivity index (χ4n) is 8.77. The van der Waals surface area contributed by atoms with Crippen LogP contribution in [0.5, 0.6) is 0 Å². The third kappa shape index (κ3) is 2.33. The Morgan fingerprint density at radius 3 is 2.82 bits per heavy atom. The van der Waals surface area contributed by atoms with E-state index in [1.165, 1.54) is 32.6 Å². The van der Waals surface area contributed by atoms with Gasteiger partial charge in [0.2, 0.25) is 0 Å².